The number of aromatic amines is 1. The second-order valence-corrected chi connectivity index (χ2v) is 3.61. The molecular weight excluding hydrogens is 206 g/mol. The SMILES string of the molecule is O=C(O)C(=O)CCc1cc2ccccc2[nH]1. The number of ketones is 1. The zero-order valence-electron chi connectivity index (χ0n) is 8.56. The number of carboxylic acid groups (broad SMARTS) is 1. The van der Waals surface area contributed by atoms with Gasteiger partial charge in [-0.2, -0.15) is 0 Å². The molecule has 0 fully saturated rings. The maximum Gasteiger partial charge on any atom is 0.372 e. The maximum absolute atomic E-state index is 10.9. The predicted molar refractivity (Wildman–Crippen MR) is 59.3 cm³/mol. The van der Waals surface area contributed by atoms with E-state index in [2.05, 4.69) is 4.98 Å². The first-order valence-electron chi connectivity index (χ1n) is 4.99. The molecule has 4 heteroatoms. The number of carbonyl (C=O) groups is 2. The maximum atomic E-state index is 10.9. The van der Waals surface area contributed by atoms with Crippen LogP contribution in [0.4, 0.5) is 0 Å². The molecule has 2 N–H and O–H groups in total. The van der Waals surface area contributed by atoms with Gasteiger partial charge in [0, 0.05) is 17.6 Å². The molecule has 82 valence electrons. The molecule has 0 radical (unpaired) electrons. The van der Waals surface area contributed by atoms with Gasteiger partial charge in [0.15, 0.2) is 0 Å². The van der Waals surface area contributed by atoms with E-state index >= 15 is 0 Å². The van der Waals surface area contributed by atoms with Gasteiger partial charge in [0.2, 0.25) is 5.78 Å². The summed E-state index contributed by atoms with van der Waals surface area (Å²) in [6, 6.07) is 9.70. The van der Waals surface area contributed by atoms with Crippen LogP contribution in [-0.2, 0) is 16.0 Å². The molecule has 0 atom stereocenters. The average molecular weight is 217 g/mol. The molecule has 4 nitrogen and oxygen atoms in total. The Bertz CT molecular complexity index is 509. The second-order valence-electron chi connectivity index (χ2n) is 3.61. The van der Waals surface area contributed by atoms with Crippen LogP contribution in [-0.4, -0.2) is 21.8 Å². The number of carbonyl (C=O) groups excluding carboxylic acids is 1. The largest absolute Gasteiger partial charge is 0.476 e. The van der Waals surface area contributed by atoms with E-state index in [9.17, 15) is 9.59 Å². The molecule has 0 amide bonds. The minimum Gasteiger partial charge on any atom is -0.476 e. The van der Waals surface area contributed by atoms with Crippen LogP contribution in [0.1, 0.15) is 12.1 Å². The van der Waals surface area contributed by atoms with Crippen molar-refractivity contribution >= 4 is 22.7 Å². The molecule has 0 saturated carbocycles. The van der Waals surface area contributed by atoms with Crippen molar-refractivity contribution in [1.82, 2.24) is 4.98 Å². The summed E-state index contributed by atoms with van der Waals surface area (Å²) in [7, 11) is 0. The van der Waals surface area contributed by atoms with E-state index in [-0.39, 0.29) is 6.42 Å². The highest BCUT2D eigenvalue weighted by molar-refractivity contribution is 6.32. The molecule has 0 aliphatic heterocycles. The summed E-state index contributed by atoms with van der Waals surface area (Å²) in [5, 5.41) is 9.51. The molecule has 0 aliphatic carbocycles. The fraction of sp³-hybridized carbons (Fsp3) is 0.167. The number of para-hydroxylation sites is 1. The first kappa shape index (κ1) is 10.4. The minimum absolute atomic E-state index is 0.0299. The summed E-state index contributed by atoms with van der Waals surface area (Å²) < 4.78 is 0. The van der Waals surface area contributed by atoms with Gasteiger partial charge in [-0.05, 0) is 23.9 Å². The van der Waals surface area contributed by atoms with Gasteiger partial charge in [-0.15, -0.1) is 0 Å². The first-order chi connectivity index (χ1) is 7.66. The summed E-state index contributed by atoms with van der Waals surface area (Å²) in [5.74, 6) is -2.12. The molecule has 2 aromatic rings. The third-order valence-electron chi connectivity index (χ3n) is 2.45. The summed E-state index contributed by atoms with van der Waals surface area (Å²) in [6.07, 6.45) is 0.460. The van der Waals surface area contributed by atoms with Gasteiger partial charge >= 0.3 is 5.97 Å². The number of hydrogen-bond donors (Lipinski definition) is 2. The highest BCUT2D eigenvalue weighted by Gasteiger charge is 2.11. The fourth-order valence-corrected chi connectivity index (χ4v) is 1.62. The lowest BCUT2D eigenvalue weighted by atomic mass is 10.1. The van der Waals surface area contributed by atoms with Gasteiger partial charge in [-0.1, -0.05) is 18.2 Å². The van der Waals surface area contributed by atoms with Crippen molar-refractivity contribution in [2.24, 2.45) is 0 Å². The summed E-state index contributed by atoms with van der Waals surface area (Å²) in [4.78, 5) is 24.4. The number of nitrogens with one attached hydrogen (secondary N) is 1. The smallest absolute Gasteiger partial charge is 0.372 e. The highest BCUT2D eigenvalue weighted by Crippen LogP contribution is 2.15. The lowest BCUT2D eigenvalue weighted by molar-refractivity contribution is -0.149. The lowest BCUT2D eigenvalue weighted by Gasteiger charge is -1.93. The van der Waals surface area contributed by atoms with E-state index < -0.39 is 11.8 Å². The molecule has 16 heavy (non-hydrogen) atoms. The number of fused-ring (bicyclic) bond motifs is 1. The van der Waals surface area contributed by atoms with Crippen molar-refractivity contribution in [3.63, 3.8) is 0 Å². The highest BCUT2D eigenvalue weighted by atomic mass is 16.4. The van der Waals surface area contributed by atoms with Crippen molar-refractivity contribution in [3.8, 4) is 0 Å². The van der Waals surface area contributed by atoms with E-state index in [1.54, 1.807) is 0 Å². The lowest BCUT2D eigenvalue weighted by Crippen LogP contribution is -2.12. The molecule has 0 unspecified atom stereocenters. The topological polar surface area (TPSA) is 70.2 Å². The number of carboxylic acids is 1. The van der Waals surface area contributed by atoms with Crippen LogP contribution in [0.5, 0.6) is 0 Å². The molecule has 1 heterocycles. The molecule has 2 rings (SSSR count). The van der Waals surface area contributed by atoms with Crippen LogP contribution in [0, 0.1) is 0 Å². The Balaban J connectivity index is 2.10. The quantitative estimate of drug-likeness (QED) is 0.766. The number of Topliss-reactive ketones (excluding diaryl/α,β-unsaturated/α-hetero) is 1. The van der Waals surface area contributed by atoms with Gasteiger partial charge in [-0.3, -0.25) is 4.79 Å². The van der Waals surface area contributed by atoms with Crippen LogP contribution in [0.25, 0.3) is 10.9 Å². The Labute approximate surface area is 91.9 Å². The Kier molecular flexibility index (Phi) is 2.72. The van der Waals surface area contributed by atoms with E-state index in [1.807, 2.05) is 30.3 Å². The van der Waals surface area contributed by atoms with Crippen molar-refractivity contribution in [1.29, 1.82) is 0 Å². The third kappa shape index (κ3) is 2.11. The van der Waals surface area contributed by atoms with Gasteiger partial charge in [0.25, 0.3) is 0 Å². The zero-order valence-corrected chi connectivity index (χ0v) is 8.56. The number of rotatable bonds is 4. The molecule has 0 bridgehead atoms. The van der Waals surface area contributed by atoms with Crippen LogP contribution in [0.2, 0.25) is 0 Å². The summed E-state index contributed by atoms with van der Waals surface area (Å²) in [6.45, 7) is 0. The number of H-pyrrole nitrogens is 1. The van der Waals surface area contributed by atoms with Gasteiger partial charge in [0.1, 0.15) is 0 Å². The molecule has 0 saturated heterocycles. The van der Waals surface area contributed by atoms with Gasteiger partial charge in [0.05, 0.1) is 0 Å². The Hall–Kier alpha value is -2.10. The second kappa shape index (κ2) is 4.18. The van der Waals surface area contributed by atoms with Gasteiger partial charge < -0.3 is 10.1 Å². The van der Waals surface area contributed by atoms with Crippen LogP contribution >= 0.6 is 0 Å². The average Bonchev–Trinajstić information content (AvgIpc) is 2.68. The number of benzene rings is 1. The third-order valence-corrected chi connectivity index (χ3v) is 2.45. The van der Waals surface area contributed by atoms with Gasteiger partial charge in [-0.25, -0.2) is 4.79 Å². The molecule has 0 aliphatic rings. The fourth-order valence-electron chi connectivity index (χ4n) is 1.62. The van der Waals surface area contributed by atoms with Crippen molar-refractivity contribution in [3.05, 3.63) is 36.0 Å². The summed E-state index contributed by atoms with van der Waals surface area (Å²) in [5.41, 5.74) is 1.89. The zero-order chi connectivity index (χ0) is 11.5. The Morgan fingerprint density at radius 1 is 1.25 bits per heavy atom. The van der Waals surface area contributed by atoms with Crippen LogP contribution in [0.3, 0.4) is 0 Å². The molecule has 1 aromatic carbocycles. The van der Waals surface area contributed by atoms with Crippen molar-refractivity contribution < 1.29 is 14.7 Å². The number of hydrogen-bond acceptors (Lipinski definition) is 2. The first-order valence-corrected chi connectivity index (χ1v) is 4.99. The minimum atomic E-state index is -1.36. The predicted octanol–water partition coefficient (Wildman–Crippen LogP) is 1.75. The molecule has 1 aromatic heterocycles. The van der Waals surface area contributed by atoms with Crippen LogP contribution in [0.15, 0.2) is 30.3 Å². The Morgan fingerprint density at radius 2 is 2.00 bits per heavy atom. The van der Waals surface area contributed by atoms with Crippen molar-refractivity contribution in [2.45, 2.75) is 12.8 Å². The van der Waals surface area contributed by atoms with Crippen molar-refractivity contribution in [2.75, 3.05) is 0 Å². The van der Waals surface area contributed by atoms with E-state index in [1.165, 1.54) is 0 Å². The van der Waals surface area contributed by atoms with E-state index in [4.69, 9.17) is 5.11 Å². The normalized spacial score (nSPS) is 10.5. The van der Waals surface area contributed by atoms with Crippen LogP contribution < -0.4 is 0 Å². The molecular formula is C12H11NO3. The Morgan fingerprint density at radius 3 is 2.69 bits per heavy atom. The monoisotopic (exact) mass is 217 g/mol. The summed E-state index contributed by atoms with van der Waals surface area (Å²) >= 11 is 0. The number of aryl methyl sites for hydroxylation is 1. The standard InChI is InChI=1S/C12H11NO3/c14-11(12(15)16)6-5-9-7-8-3-1-2-4-10(8)13-9/h1-4,7,13H,5-6H2,(H,15,16). The molecule has 0 spiro atoms. The van der Waals surface area contributed by atoms with E-state index in [0.29, 0.717) is 6.42 Å². The number of aliphatic carboxylic acids is 1. The van der Waals surface area contributed by atoms with E-state index in [0.717, 1.165) is 16.6 Å². The number of aromatic nitrogens is 1.